The fourth-order valence-electron chi connectivity index (χ4n) is 3.01. The molecule has 0 saturated carbocycles. The number of aromatic amines is 1. The summed E-state index contributed by atoms with van der Waals surface area (Å²) in [6, 6.07) is 5.45. The summed E-state index contributed by atoms with van der Waals surface area (Å²) >= 11 is 13.3. The maximum atomic E-state index is 13.3. The predicted octanol–water partition coefficient (Wildman–Crippen LogP) is 4.06. The molecule has 4 rings (SSSR count). The number of hydrogen-bond donors (Lipinski definition) is 3. The molecule has 8 heteroatoms. The molecule has 2 atom stereocenters. The minimum absolute atomic E-state index is 0.337. The van der Waals surface area contributed by atoms with E-state index in [1.165, 1.54) is 23.5 Å². The number of hydrogen-bond acceptors (Lipinski definition) is 3. The topological polar surface area (TPSA) is 65.1 Å². The van der Waals surface area contributed by atoms with Crippen LogP contribution in [0, 0.1) is 5.82 Å². The molecular formula is C16H11Cl2FN2O2S. The quantitative estimate of drug-likeness (QED) is 0.623. The minimum Gasteiger partial charge on any atom is -0.386 e. The number of thiophene rings is 1. The van der Waals surface area contributed by atoms with Gasteiger partial charge in [0.25, 0.3) is 5.91 Å². The van der Waals surface area contributed by atoms with E-state index in [0.717, 1.165) is 10.3 Å². The van der Waals surface area contributed by atoms with Crippen molar-refractivity contribution in [3.63, 3.8) is 0 Å². The van der Waals surface area contributed by atoms with Crippen LogP contribution >= 0.6 is 34.5 Å². The van der Waals surface area contributed by atoms with Crippen molar-refractivity contribution in [3.05, 3.63) is 56.3 Å². The lowest BCUT2D eigenvalue weighted by atomic mass is 10.1. The van der Waals surface area contributed by atoms with Crippen molar-refractivity contribution >= 4 is 50.7 Å². The summed E-state index contributed by atoms with van der Waals surface area (Å²) in [5, 5.41) is 13.5. The maximum Gasteiger partial charge on any atom is 0.268 e. The van der Waals surface area contributed by atoms with Crippen LogP contribution < -0.4 is 5.32 Å². The standard InChI is InChI=1S/C16H11Cl2FN2O2S/c17-12-13-11(24-15(12)18)5-10(20-13)16(23)21-9-3-6-1-2-7(19)4-8(6)14(9)22/h1-2,4-5,9,14,20,22H,3H2,(H,21,23)/t9-,14-/m1/s1. The number of aliphatic hydroxyl groups is 1. The molecule has 2 aromatic heterocycles. The van der Waals surface area contributed by atoms with E-state index in [-0.39, 0.29) is 5.91 Å². The number of aromatic nitrogens is 1. The van der Waals surface area contributed by atoms with Crippen molar-refractivity contribution in [2.24, 2.45) is 0 Å². The molecule has 0 aliphatic heterocycles. The van der Waals surface area contributed by atoms with Crippen molar-refractivity contribution in [1.82, 2.24) is 10.3 Å². The smallest absolute Gasteiger partial charge is 0.268 e. The summed E-state index contributed by atoms with van der Waals surface area (Å²) < 4.78 is 14.6. The second kappa shape index (κ2) is 5.74. The average molecular weight is 385 g/mol. The van der Waals surface area contributed by atoms with Gasteiger partial charge in [-0.05, 0) is 35.7 Å². The number of halogens is 3. The van der Waals surface area contributed by atoms with Gasteiger partial charge >= 0.3 is 0 Å². The van der Waals surface area contributed by atoms with Gasteiger partial charge in [0.1, 0.15) is 15.8 Å². The van der Waals surface area contributed by atoms with Gasteiger partial charge in [-0.2, -0.15) is 0 Å². The molecule has 4 nitrogen and oxygen atoms in total. The Bertz CT molecular complexity index is 969. The third-order valence-corrected chi connectivity index (χ3v) is 6.11. The lowest BCUT2D eigenvalue weighted by Crippen LogP contribution is -2.37. The van der Waals surface area contributed by atoms with Crippen LogP contribution in [-0.2, 0) is 6.42 Å². The van der Waals surface area contributed by atoms with Crippen molar-refractivity contribution in [2.75, 3.05) is 0 Å². The summed E-state index contributed by atoms with van der Waals surface area (Å²) in [5.74, 6) is -0.765. The summed E-state index contributed by atoms with van der Waals surface area (Å²) in [6.07, 6.45) is -0.488. The van der Waals surface area contributed by atoms with Gasteiger partial charge < -0.3 is 15.4 Å². The Labute approximate surface area is 150 Å². The van der Waals surface area contributed by atoms with E-state index in [9.17, 15) is 14.3 Å². The number of rotatable bonds is 2. The second-order valence-corrected chi connectivity index (χ2v) is 7.72. The molecule has 124 valence electrons. The van der Waals surface area contributed by atoms with Crippen LogP contribution in [0.25, 0.3) is 10.2 Å². The fourth-order valence-corrected chi connectivity index (χ4v) is 4.49. The van der Waals surface area contributed by atoms with Crippen LogP contribution in [0.5, 0.6) is 0 Å². The largest absolute Gasteiger partial charge is 0.386 e. The third kappa shape index (κ3) is 2.50. The number of H-pyrrole nitrogens is 1. The Hall–Kier alpha value is -1.60. The molecule has 1 amide bonds. The molecule has 1 aliphatic carbocycles. The molecule has 24 heavy (non-hydrogen) atoms. The summed E-state index contributed by atoms with van der Waals surface area (Å²) in [7, 11) is 0. The van der Waals surface area contributed by atoms with Gasteiger partial charge in [-0.15, -0.1) is 11.3 Å². The summed E-state index contributed by atoms with van der Waals surface area (Å²) in [6.45, 7) is 0. The Morgan fingerprint density at radius 2 is 2.17 bits per heavy atom. The van der Waals surface area contributed by atoms with Crippen LogP contribution in [0.4, 0.5) is 4.39 Å². The zero-order valence-electron chi connectivity index (χ0n) is 12.1. The van der Waals surface area contributed by atoms with Crippen molar-refractivity contribution in [2.45, 2.75) is 18.6 Å². The van der Waals surface area contributed by atoms with Gasteiger partial charge in [-0.25, -0.2) is 4.39 Å². The van der Waals surface area contributed by atoms with E-state index < -0.39 is 18.0 Å². The Kier molecular flexibility index (Phi) is 3.80. The lowest BCUT2D eigenvalue weighted by molar-refractivity contribution is 0.0854. The zero-order chi connectivity index (χ0) is 17.0. The maximum absolute atomic E-state index is 13.3. The lowest BCUT2D eigenvalue weighted by Gasteiger charge is -2.16. The number of nitrogens with one attached hydrogen (secondary N) is 2. The third-order valence-electron chi connectivity index (χ3n) is 4.18. The number of carbonyl (C=O) groups excluding carboxylic acids is 1. The monoisotopic (exact) mass is 384 g/mol. The zero-order valence-corrected chi connectivity index (χ0v) is 14.4. The molecule has 2 heterocycles. The first-order valence-electron chi connectivity index (χ1n) is 7.18. The first kappa shape index (κ1) is 15.9. The average Bonchev–Trinajstić information content (AvgIpc) is 3.16. The summed E-state index contributed by atoms with van der Waals surface area (Å²) in [5.41, 5.74) is 2.30. The molecule has 0 spiro atoms. The second-order valence-electron chi connectivity index (χ2n) is 5.68. The number of amides is 1. The van der Waals surface area contributed by atoms with Crippen LogP contribution in [0.2, 0.25) is 9.36 Å². The molecular weight excluding hydrogens is 374 g/mol. The molecule has 0 fully saturated rings. The van der Waals surface area contributed by atoms with Crippen LogP contribution in [0.15, 0.2) is 24.3 Å². The molecule has 0 radical (unpaired) electrons. The van der Waals surface area contributed by atoms with Gasteiger partial charge in [0.15, 0.2) is 0 Å². The highest BCUT2D eigenvalue weighted by Crippen LogP contribution is 2.39. The van der Waals surface area contributed by atoms with Crippen LogP contribution in [0.3, 0.4) is 0 Å². The van der Waals surface area contributed by atoms with Crippen molar-refractivity contribution in [3.8, 4) is 0 Å². The van der Waals surface area contributed by atoms with Gasteiger partial charge in [-0.1, -0.05) is 29.3 Å². The van der Waals surface area contributed by atoms with E-state index in [2.05, 4.69) is 10.3 Å². The van der Waals surface area contributed by atoms with Gasteiger partial charge in [0.2, 0.25) is 0 Å². The number of aliphatic hydroxyl groups excluding tert-OH is 1. The molecule has 1 aliphatic rings. The van der Waals surface area contributed by atoms with E-state index in [4.69, 9.17) is 23.2 Å². The highest BCUT2D eigenvalue weighted by atomic mass is 35.5. The molecule has 3 N–H and O–H groups in total. The van der Waals surface area contributed by atoms with E-state index in [0.29, 0.717) is 32.6 Å². The molecule has 0 unspecified atom stereocenters. The number of benzene rings is 1. The number of fused-ring (bicyclic) bond motifs is 2. The van der Waals surface area contributed by atoms with Gasteiger partial charge in [-0.3, -0.25) is 4.79 Å². The molecule has 0 bridgehead atoms. The summed E-state index contributed by atoms with van der Waals surface area (Å²) in [4.78, 5) is 15.4. The normalized spacial score (nSPS) is 19.7. The molecule has 3 aromatic rings. The SMILES string of the molecule is O=C(N[C@@H]1Cc2ccc(F)cc2[C@H]1O)c1cc2sc(Cl)c(Cl)c2[nH]1. The van der Waals surface area contributed by atoms with Gasteiger partial charge in [0.05, 0.1) is 27.4 Å². The first-order chi connectivity index (χ1) is 11.4. The van der Waals surface area contributed by atoms with E-state index >= 15 is 0 Å². The van der Waals surface area contributed by atoms with Crippen molar-refractivity contribution < 1.29 is 14.3 Å². The van der Waals surface area contributed by atoms with Crippen LogP contribution in [0.1, 0.15) is 27.7 Å². The Morgan fingerprint density at radius 1 is 1.38 bits per heavy atom. The number of carbonyl (C=O) groups is 1. The Morgan fingerprint density at radius 3 is 2.92 bits per heavy atom. The van der Waals surface area contributed by atoms with Crippen LogP contribution in [-0.4, -0.2) is 22.0 Å². The fraction of sp³-hybridized carbons (Fsp3) is 0.188. The molecule has 1 aromatic carbocycles. The first-order valence-corrected chi connectivity index (χ1v) is 8.75. The minimum atomic E-state index is -0.936. The Balaban J connectivity index is 1.56. The highest BCUT2D eigenvalue weighted by molar-refractivity contribution is 7.23. The predicted molar refractivity (Wildman–Crippen MR) is 92.5 cm³/mol. The molecule has 0 saturated heterocycles. The highest BCUT2D eigenvalue weighted by Gasteiger charge is 2.32. The van der Waals surface area contributed by atoms with E-state index in [1.807, 2.05) is 0 Å². The van der Waals surface area contributed by atoms with Crippen molar-refractivity contribution in [1.29, 1.82) is 0 Å². The van der Waals surface area contributed by atoms with E-state index in [1.54, 1.807) is 12.1 Å². The van der Waals surface area contributed by atoms with Gasteiger partial charge in [0, 0.05) is 0 Å².